The first kappa shape index (κ1) is 18.9. The zero-order valence-electron chi connectivity index (χ0n) is 15.1. The Balaban J connectivity index is 1.62. The minimum Gasteiger partial charge on any atom is -0.493 e. The van der Waals surface area contributed by atoms with Gasteiger partial charge in [0.25, 0.3) is 5.91 Å². The van der Waals surface area contributed by atoms with Crippen molar-refractivity contribution in [3.05, 3.63) is 59.5 Å². The summed E-state index contributed by atoms with van der Waals surface area (Å²) < 4.78 is 35.1. The van der Waals surface area contributed by atoms with Crippen molar-refractivity contribution in [1.82, 2.24) is 9.97 Å². The molecule has 1 amide bonds. The Morgan fingerprint density at radius 3 is 2.79 bits per heavy atom. The van der Waals surface area contributed by atoms with Crippen LogP contribution < -0.4 is 14.8 Å². The van der Waals surface area contributed by atoms with Crippen molar-refractivity contribution in [2.24, 2.45) is 0 Å². The molecule has 0 unspecified atom stereocenters. The maximum atomic E-state index is 12.8. The van der Waals surface area contributed by atoms with Crippen molar-refractivity contribution in [3.63, 3.8) is 0 Å². The fourth-order valence-corrected chi connectivity index (χ4v) is 3.55. The maximum absolute atomic E-state index is 12.8. The van der Waals surface area contributed by atoms with Crippen LogP contribution >= 0.6 is 11.3 Å². The second-order valence-corrected chi connectivity index (χ2v) is 6.91. The molecule has 9 heteroatoms. The van der Waals surface area contributed by atoms with Gasteiger partial charge >= 0.3 is 6.61 Å². The van der Waals surface area contributed by atoms with Gasteiger partial charge < -0.3 is 19.8 Å². The van der Waals surface area contributed by atoms with E-state index in [1.54, 1.807) is 29.5 Å². The fraction of sp³-hybridized carbons (Fsp3) is 0.100. The highest BCUT2D eigenvalue weighted by Crippen LogP contribution is 2.33. The van der Waals surface area contributed by atoms with Crippen LogP contribution in [0.3, 0.4) is 0 Å². The molecule has 0 fully saturated rings. The first-order valence-electron chi connectivity index (χ1n) is 8.52. The summed E-state index contributed by atoms with van der Waals surface area (Å²) in [7, 11) is 1.31. The summed E-state index contributed by atoms with van der Waals surface area (Å²) in [5, 5.41) is 4.65. The number of aromatic nitrogens is 2. The third-order valence-corrected chi connectivity index (χ3v) is 5.02. The van der Waals surface area contributed by atoms with Gasteiger partial charge in [-0.05, 0) is 41.8 Å². The zero-order chi connectivity index (χ0) is 20.4. The largest absolute Gasteiger partial charge is 0.493 e. The third-order valence-electron chi connectivity index (χ3n) is 4.14. The Bertz CT molecular complexity index is 1160. The normalized spacial score (nSPS) is 11.0. The monoisotopic (exact) mass is 415 g/mol. The molecule has 0 saturated carbocycles. The van der Waals surface area contributed by atoms with Crippen LogP contribution in [0.5, 0.6) is 11.5 Å². The van der Waals surface area contributed by atoms with E-state index in [2.05, 4.69) is 20.0 Å². The molecule has 0 spiro atoms. The van der Waals surface area contributed by atoms with Gasteiger partial charge in [-0.15, -0.1) is 11.3 Å². The molecule has 4 aromatic rings. The fourth-order valence-electron chi connectivity index (χ4n) is 2.88. The standard InChI is InChI=1S/C20H15F2N3O3S/c1-27-15-5-2-4-12(17(15)28-20(21)22)19(26)23-11-7-8-13-14(10-11)25-18(24-13)16-6-3-9-29-16/h2-10,20H,1H3,(H,23,26)(H,24,25). The van der Waals surface area contributed by atoms with Crippen LogP contribution in [0.15, 0.2) is 53.9 Å². The van der Waals surface area contributed by atoms with Crippen LogP contribution in [-0.2, 0) is 0 Å². The summed E-state index contributed by atoms with van der Waals surface area (Å²) in [6.45, 7) is -3.09. The van der Waals surface area contributed by atoms with E-state index >= 15 is 0 Å². The number of anilines is 1. The van der Waals surface area contributed by atoms with Gasteiger partial charge in [0.05, 0.1) is 28.6 Å². The lowest BCUT2D eigenvalue weighted by Crippen LogP contribution is -2.15. The lowest BCUT2D eigenvalue weighted by atomic mass is 10.1. The number of nitrogens with zero attached hydrogens (tertiary/aromatic N) is 1. The van der Waals surface area contributed by atoms with Crippen molar-refractivity contribution < 1.29 is 23.0 Å². The number of para-hydroxylation sites is 1. The summed E-state index contributed by atoms with van der Waals surface area (Å²) in [5.74, 6) is -0.136. The highest BCUT2D eigenvalue weighted by atomic mass is 32.1. The maximum Gasteiger partial charge on any atom is 0.387 e. The predicted octanol–water partition coefficient (Wildman–Crippen LogP) is 5.15. The molecule has 6 nitrogen and oxygen atoms in total. The van der Waals surface area contributed by atoms with Gasteiger partial charge in [-0.25, -0.2) is 4.98 Å². The molecule has 0 aliphatic rings. The van der Waals surface area contributed by atoms with Gasteiger partial charge in [0.1, 0.15) is 5.82 Å². The number of thiophene rings is 1. The van der Waals surface area contributed by atoms with Gasteiger partial charge in [-0.2, -0.15) is 8.78 Å². The molecule has 2 N–H and O–H groups in total. The van der Waals surface area contributed by atoms with Gasteiger partial charge in [-0.3, -0.25) is 4.79 Å². The van der Waals surface area contributed by atoms with E-state index in [4.69, 9.17) is 4.74 Å². The number of alkyl halides is 2. The zero-order valence-corrected chi connectivity index (χ0v) is 15.9. The number of aromatic amines is 1. The van der Waals surface area contributed by atoms with Crippen molar-refractivity contribution in [1.29, 1.82) is 0 Å². The number of halogens is 2. The number of carbonyl (C=O) groups excluding carboxylic acids is 1. The van der Waals surface area contributed by atoms with E-state index < -0.39 is 12.5 Å². The summed E-state index contributed by atoms with van der Waals surface area (Å²) in [6.07, 6.45) is 0. The number of hydrogen-bond donors (Lipinski definition) is 2. The Labute approximate surface area is 168 Å². The average Bonchev–Trinajstić information content (AvgIpc) is 3.36. The summed E-state index contributed by atoms with van der Waals surface area (Å²) in [6, 6.07) is 13.4. The number of amides is 1. The predicted molar refractivity (Wildman–Crippen MR) is 107 cm³/mol. The molecule has 0 saturated heterocycles. The molecule has 0 aliphatic heterocycles. The molecule has 4 rings (SSSR count). The highest BCUT2D eigenvalue weighted by Gasteiger charge is 2.20. The summed E-state index contributed by atoms with van der Waals surface area (Å²) in [4.78, 5) is 21.4. The quantitative estimate of drug-likeness (QED) is 0.456. The molecule has 29 heavy (non-hydrogen) atoms. The summed E-state index contributed by atoms with van der Waals surface area (Å²) in [5.41, 5.74) is 1.90. The van der Waals surface area contributed by atoms with Gasteiger partial charge in [0.15, 0.2) is 11.5 Å². The molecule has 0 bridgehead atoms. The van der Waals surface area contributed by atoms with Crippen LogP contribution in [0.25, 0.3) is 21.7 Å². The molecular formula is C20H15F2N3O3S. The Morgan fingerprint density at radius 2 is 2.07 bits per heavy atom. The number of imidazole rings is 1. The number of methoxy groups -OCH3 is 1. The van der Waals surface area contributed by atoms with Crippen molar-refractivity contribution in [2.45, 2.75) is 6.61 Å². The highest BCUT2D eigenvalue weighted by molar-refractivity contribution is 7.13. The minimum atomic E-state index is -3.09. The first-order chi connectivity index (χ1) is 14.0. The Kier molecular flexibility index (Phi) is 5.13. The SMILES string of the molecule is COc1cccc(C(=O)Nc2ccc3nc(-c4cccs4)[nH]c3c2)c1OC(F)F. The van der Waals surface area contributed by atoms with Crippen LogP contribution in [0, 0.1) is 0 Å². The number of carbonyl (C=O) groups is 1. The van der Waals surface area contributed by atoms with Crippen molar-refractivity contribution in [2.75, 3.05) is 12.4 Å². The van der Waals surface area contributed by atoms with E-state index in [0.29, 0.717) is 5.69 Å². The van der Waals surface area contributed by atoms with Gasteiger partial charge in [0, 0.05) is 5.69 Å². The van der Waals surface area contributed by atoms with Gasteiger partial charge in [-0.1, -0.05) is 12.1 Å². The lowest BCUT2D eigenvalue weighted by molar-refractivity contribution is -0.0515. The number of hydrogen-bond acceptors (Lipinski definition) is 5. The van der Waals surface area contributed by atoms with E-state index in [1.165, 1.54) is 25.3 Å². The van der Waals surface area contributed by atoms with Crippen LogP contribution in [0.4, 0.5) is 14.5 Å². The lowest BCUT2D eigenvalue weighted by Gasteiger charge is -2.14. The van der Waals surface area contributed by atoms with Crippen LogP contribution in [0.1, 0.15) is 10.4 Å². The number of rotatable bonds is 6. The molecule has 0 atom stereocenters. The molecule has 2 heterocycles. The number of ether oxygens (including phenoxy) is 2. The Hall–Kier alpha value is -3.46. The van der Waals surface area contributed by atoms with E-state index in [0.717, 1.165) is 21.7 Å². The molecule has 0 aliphatic carbocycles. The number of fused-ring (bicyclic) bond motifs is 1. The third kappa shape index (κ3) is 3.90. The molecule has 2 aromatic heterocycles. The van der Waals surface area contributed by atoms with Gasteiger partial charge in [0.2, 0.25) is 0 Å². The topological polar surface area (TPSA) is 76.2 Å². The number of benzene rings is 2. The number of H-pyrrole nitrogens is 1. The van der Waals surface area contributed by atoms with E-state index in [-0.39, 0.29) is 17.1 Å². The van der Waals surface area contributed by atoms with E-state index in [1.807, 2.05) is 17.5 Å². The molecule has 2 aromatic carbocycles. The average molecular weight is 415 g/mol. The second kappa shape index (κ2) is 7.88. The Morgan fingerprint density at radius 1 is 1.21 bits per heavy atom. The molecular weight excluding hydrogens is 400 g/mol. The van der Waals surface area contributed by atoms with Crippen LogP contribution in [-0.4, -0.2) is 29.6 Å². The summed E-state index contributed by atoms with van der Waals surface area (Å²) >= 11 is 1.56. The van der Waals surface area contributed by atoms with E-state index in [9.17, 15) is 13.6 Å². The first-order valence-corrected chi connectivity index (χ1v) is 9.40. The molecule has 148 valence electrons. The smallest absolute Gasteiger partial charge is 0.387 e. The minimum absolute atomic E-state index is 0.0440. The van der Waals surface area contributed by atoms with Crippen molar-refractivity contribution >= 4 is 34.0 Å². The van der Waals surface area contributed by atoms with Crippen molar-refractivity contribution in [3.8, 4) is 22.2 Å². The van der Waals surface area contributed by atoms with Crippen LogP contribution in [0.2, 0.25) is 0 Å². The molecule has 0 radical (unpaired) electrons. The number of nitrogens with one attached hydrogen (secondary N) is 2. The second-order valence-electron chi connectivity index (χ2n) is 5.96.